The van der Waals surface area contributed by atoms with Crippen molar-refractivity contribution < 1.29 is 15.3 Å². The van der Waals surface area contributed by atoms with Gasteiger partial charge in [0.2, 0.25) is 0 Å². The predicted molar refractivity (Wildman–Crippen MR) is 108 cm³/mol. The molecule has 0 amide bonds. The van der Waals surface area contributed by atoms with Crippen molar-refractivity contribution in [2.75, 3.05) is 0 Å². The first-order valence-corrected chi connectivity index (χ1v) is 11.8. The molecule has 11 atom stereocenters. The molecule has 4 unspecified atom stereocenters. The fraction of sp³-hybridized carbons (Fsp3) is 1.00. The van der Waals surface area contributed by atoms with Crippen LogP contribution in [0, 0.1) is 46.3 Å². The van der Waals surface area contributed by atoms with Crippen LogP contribution in [0.2, 0.25) is 0 Å². The molecule has 0 aromatic carbocycles. The minimum Gasteiger partial charge on any atom is -0.393 e. The molecule has 0 heterocycles. The number of hydrogen-bond acceptors (Lipinski definition) is 3. The van der Waals surface area contributed by atoms with E-state index in [0.29, 0.717) is 35.5 Å². The van der Waals surface area contributed by atoms with Crippen LogP contribution in [0.4, 0.5) is 0 Å². The zero-order chi connectivity index (χ0) is 19.6. The fourth-order valence-electron chi connectivity index (χ4n) is 8.79. The smallest absolute Gasteiger partial charge is 0.0602 e. The molecule has 4 aliphatic carbocycles. The average molecular weight is 379 g/mol. The summed E-state index contributed by atoms with van der Waals surface area (Å²) in [7, 11) is 0. The van der Waals surface area contributed by atoms with E-state index < -0.39 is 0 Å². The molecule has 0 aromatic rings. The topological polar surface area (TPSA) is 60.7 Å². The second-order valence-electron chi connectivity index (χ2n) is 11.3. The van der Waals surface area contributed by atoms with Crippen molar-refractivity contribution >= 4 is 0 Å². The van der Waals surface area contributed by atoms with E-state index in [9.17, 15) is 15.3 Å². The second-order valence-corrected chi connectivity index (χ2v) is 11.3. The summed E-state index contributed by atoms with van der Waals surface area (Å²) in [5.41, 5.74) is 0.146. The molecule has 27 heavy (non-hydrogen) atoms. The first-order valence-electron chi connectivity index (χ1n) is 11.8. The lowest BCUT2D eigenvalue weighted by atomic mass is 9.43. The second kappa shape index (κ2) is 6.99. The zero-order valence-corrected chi connectivity index (χ0v) is 17.9. The van der Waals surface area contributed by atoms with Gasteiger partial charge in [-0.2, -0.15) is 0 Å². The Morgan fingerprint density at radius 1 is 0.963 bits per heavy atom. The van der Waals surface area contributed by atoms with Crippen molar-refractivity contribution in [3.05, 3.63) is 0 Å². The Balaban J connectivity index is 1.66. The van der Waals surface area contributed by atoms with Crippen molar-refractivity contribution in [3.63, 3.8) is 0 Å². The molecule has 0 bridgehead atoms. The molecule has 3 nitrogen and oxygen atoms in total. The van der Waals surface area contributed by atoms with Gasteiger partial charge in [0.1, 0.15) is 0 Å². The third kappa shape index (κ3) is 2.86. The maximum absolute atomic E-state index is 11.5. The SMILES string of the molecule is CCCC(C)[C@H]1CCC2C3C(C[C@H](O)[C@@]21C)[C@@]1(C)CC[C@@H](O)C[C@H]1C[C@H]3O. The van der Waals surface area contributed by atoms with Crippen LogP contribution < -0.4 is 0 Å². The zero-order valence-electron chi connectivity index (χ0n) is 17.9. The Morgan fingerprint density at radius 3 is 2.41 bits per heavy atom. The van der Waals surface area contributed by atoms with Crippen molar-refractivity contribution in [2.24, 2.45) is 46.3 Å². The molecule has 4 aliphatic rings. The molecule has 4 fully saturated rings. The van der Waals surface area contributed by atoms with Gasteiger partial charge in [0, 0.05) is 0 Å². The molecular formula is C24H42O3. The molecule has 156 valence electrons. The summed E-state index contributed by atoms with van der Waals surface area (Å²) in [5.74, 6) is 2.86. The van der Waals surface area contributed by atoms with Crippen LogP contribution in [0.15, 0.2) is 0 Å². The van der Waals surface area contributed by atoms with Crippen molar-refractivity contribution in [1.29, 1.82) is 0 Å². The first-order chi connectivity index (χ1) is 12.7. The van der Waals surface area contributed by atoms with Gasteiger partial charge in [-0.3, -0.25) is 0 Å². The van der Waals surface area contributed by atoms with E-state index >= 15 is 0 Å². The predicted octanol–water partition coefficient (Wildman–Crippen LogP) is 4.38. The highest BCUT2D eigenvalue weighted by molar-refractivity contribution is 5.14. The van der Waals surface area contributed by atoms with E-state index in [2.05, 4.69) is 27.7 Å². The van der Waals surface area contributed by atoms with Gasteiger partial charge in [-0.25, -0.2) is 0 Å². The van der Waals surface area contributed by atoms with Gasteiger partial charge in [0.15, 0.2) is 0 Å². The van der Waals surface area contributed by atoms with Gasteiger partial charge in [0.05, 0.1) is 18.3 Å². The van der Waals surface area contributed by atoms with Crippen molar-refractivity contribution in [2.45, 2.75) is 104 Å². The molecule has 0 aliphatic heterocycles. The van der Waals surface area contributed by atoms with Gasteiger partial charge < -0.3 is 15.3 Å². The summed E-state index contributed by atoms with van der Waals surface area (Å²) in [6.07, 6.45) is 8.64. The van der Waals surface area contributed by atoms with Crippen LogP contribution in [0.1, 0.15) is 85.5 Å². The fourth-order valence-corrected chi connectivity index (χ4v) is 8.79. The van der Waals surface area contributed by atoms with Gasteiger partial charge in [0.25, 0.3) is 0 Å². The van der Waals surface area contributed by atoms with Crippen LogP contribution in [-0.4, -0.2) is 33.6 Å². The van der Waals surface area contributed by atoms with Crippen LogP contribution in [0.5, 0.6) is 0 Å². The van der Waals surface area contributed by atoms with Crippen LogP contribution in [0.25, 0.3) is 0 Å². The van der Waals surface area contributed by atoms with Crippen LogP contribution >= 0.6 is 0 Å². The van der Waals surface area contributed by atoms with Crippen molar-refractivity contribution in [1.82, 2.24) is 0 Å². The molecule has 0 spiro atoms. The average Bonchev–Trinajstić information content (AvgIpc) is 2.96. The van der Waals surface area contributed by atoms with Crippen molar-refractivity contribution in [3.8, 4) is 0 Å². The van der Waals surface area contributed by atoms with E-state index in [0.717, 1.165) is 32.1 Å². The number of fused-ring (bicyclic) bond motifs is 5. The quantitative estimate of drug-likeness (QED) is 0.683. The summed E-state index contributed by atoms with van der Waals surface area (Å²) in [5, 5.41) is 32.9. The maximum Gasteiger partial charge on any atom is 0.0602 e. The standard InChI is InChI=1S/C24H42O3/c1-5-6-14(2)17-7-8-18-22-19(13-21(27)24(17,18)4)23(3)10-9-16(25)11-15(23)12-20(22)26/h14-22,25-27H,5-13H2,1-4H3/t14?,15-,16+,17+,18?,19?,20+,21-,22?,23-,24+/m0/s1. The summed E-state index contributed by atoms with van der Waals surface area (Å²) < 4.78 is 0. The van der Waals surface area contributed by atoms with Crippen LogP contribution in [-0.2, 0) is 0 Å². The maximum atomic E-state index is 11.5. The van der Waals surface area contributed by atoms with E-state index in [1.807, 2.05) is 0 Å². The Hall–Kier alpha value is -0.120. The van der Waals surface area contributed by atoms with E-state index in [1.165, 1.54) is 25.7 Å². The Kier molecular flexibility index (Phi) is 5.22. The molecule has 3 heteroatoms. The van der Waals surface area contributed by atoms with Crippen LogP contribution in [0.3, 0.4) is 0 Å². The minimum atomic E-state index is -0.254. The third-order valence-electron chi connectivity index (χ3n) is 10.3. The lowest BCUT2D eigenvalue weighted by Crippen LogP contribution is -2.62. The number of rotatable bonds is 3. The van der Waals surface area contributed by atoms with E-state index in [4.69, 9.17) is 0 Å². The van der Waals surface area contributed by atoms with E-state index in [1.54, 1.807) is 0 Å². The summed E-state index contributed by atoms with van der Waals surface area (Å²) in [4.78, 5) is 0. The lowest BCUT2D eigenvalue weighted by molar-refractivity contribution is -0.207. The summed E-state index contributed by atoms with van der Waals surface area (Å²) in [6.45, 7) is 9.42. The van der Waals surface area contributed by atoms with Gasteiger partial charge in [-0.05, 0) is 91.3 Å². The molecule has 3 N–H and O–H groups in total. The van der Waals surface area contributed by atoms with Gasteiger partial charge in [-0.15, -0.1) is 0 Å². The number of hydrogen-bond donors (Lipinski definition) is 3. The molecular weight excluding hydrogens is 336 g/mol. The molecule has 4 saturated carbocycles. The molecule has 0 aromatic heterocycles. The highest BCUT2D eigenvalue weighted by Gasteiger charge is 2.65. The largest absolute Gasteiger partial charge is 0.393 e. The number of aliphatic hydroxyl groups excluding tert-OH is 3. The first kappa shape index (κ1) is 20.2. The Bertz CT molecular complexity index is 550. The number of aliphatic hydroxyl groups is 3. The Morgan fingerprint density at radius 2 is 1.70 bits per heavy atom. The summed E-state index contributed by atoms with van der Waals surface area (Å²) in [6, 6.07) is 0. The molecule has 0 radical (unpaired) electrons. The highest BCUT2D eigenvalue weighted by Crippen LogP contribution is 2.68. The molecule has 4 rings (SSSR count). The van der Waals surface area contributed by atoms with Gasteiger partial charge in [-0.1, -0.05) is 40.5 Å². The monoisotopic (exact) mass is 378 g/mol. The third-order valence-corrected chi connectivity index (χ3v) is 10.3. The highest BCUT2D eigenvalue weighted by atomic mass is 16.3. The normalized spacial score (nSPS) is 56.1. The Labute approximate surface area is 165 Å². The molecule has 0 saturated heterocycles. The lowest BCUT2D eigenvalue weighted by Gasteiger charge is -2.63. The minimum absolute atomic E-state index is 0.0336. The van der Waals surface area contributed by atoms with E-state index in [-0.39, 0.29) is 29.1 Å². The summed E-state index contributed by atoms with van der Waals surface area (Å²) >= 11 is 0. The van der Waals surface area contributed by atoms with Gasteiger partial charge >= 0.3 is 0 Å².